The van der Waals surface area contributed by atoms with Gasteiger partial charge in [-0.3, -0.25) is 4.79 Å². The highest BCUT2D eigenvalue weighted by molar-refractivity contribution is 5.76. The molecular weight excluding hydrogens is 298 g/mol. The Kier molecular flexibility index (Phi) is 5.54. The maximum absolute atomic E-state index is 11.9. The molecule has 1 atom stereocenters. The Balaban J connectivity index is 1.77. The fourth-order valence-electron chi connectivity index (χ4n) is 2.02. The minimum atomic E-state index is -0.520. The van der Waals surface area contributed by atoms with E-state index in [1.165, 1.54) is 6.26 Å². The van der Waals surface area contributed by atoms with E-state index in [0.717, 1.165) is 0 Å². The Morgan fingerprint density at radius 2 is 2.22 bits per heavy atom. The van der Waals surface area contributed by atoms with Gasteiger partial charge in [0.05, 0.1) is 12.9 Å². The summed E-state index contributed by atoms with van der Waals surface area (Å²) in [4.78, 5) is 16.3. The van der Waals surface area contributed by atoms with Gasteiger partial charge in [0.15, 0.2) is 5.82 Å². The van der Waals surface area contributed by atoms with Crippen molar-refractivity contribution in [1.82, 2.24) is 15.5 Å². The van der Waals surface area contributed by atoms with Gasteiger partial charge in [0.25, 0.3) is 0 Å². The summed E-state index contributed by atoms with van der Waals surface area (Å²) >= 11 is 0. The second kappa shape index (κ2) is 7.41. The van der Waals surface area contributed by atoms with Gasteiger partial charge in [0.2, 0.25) is 11.8 Å². The molecule has 0 fully saturated rings. The lowest BCUT2D eigenvalue weighted by molar-refractivity contribution is -0.122. The average Bonchev–Trinajstić information content (AvgIpc) is 3.15. The molecule has 0 aliphatic rings. The molecule has 2 N–H and O–H groups in total. The Labute approximate surface area is 135 Å². The number of carbonyl (C=O) groups excluding carboxylic acids is 1. The summed E-state index contributed by atoms with van der Waals surface area (Å²) in [5.41, 5.74) is -0.156. The Hall–Kier alpha value is -2.15. The molecule has 1 amide bonds. The molecule has 2 heterocycles. The van der Waals surface area contributed by atoms with Gasteiger partial charge in [0.1, 0.15) is 11.8 Å². The Morgan fingerprint density at radius 3 is 2.78 bits per heavy atom. The highest BCUT2D eigenvalue weighted by Crippen LogP contribution is 2.19. The van der Waals surface area contributed by atoms with Crippen LogP contribution in [0, 0.1) is 0 Å². The van der Waals surface area contributed by atoms with Crippen molar-refractivity contribution in [2.24, 2.45) is 0 Å². The van der Waals surface area contributed by atoms with Crippen molar-refractivity contribution in [1.29, 1.82) is 0 Å². The van der Waals surface area contributed by atoms with Crippen LogP contribution in [0.2, 0.25) is 0 Å². The highest BCUT2D eigenvalue weighted by atomic mass is 16.5. The van der Waals surface area contributed by atoms with Crippen molar-refractivity contribution >= 4 is 5.91 Å². The fraction of sp³-hybridized carbons (Fsp3) is 0.562. The molecule has 0 saturated carbocycles. The summed E-state index contributed by atoms with van der Waals surface area (Å²) in [6.45, 7) is 5.83. The summed E-state index contributed by atoms with van der Waals surface area (Å²) < 4.78 is 10.4. The fourth-order valence-corrected chi connectivity index (χ4v) is 2.02. The van der Waals surface area contributed by atoms with Crippen LogP contribution >= 0.6 is 0 Å². The molecule has 0 aliphatic carbocycles. The van der Waals surface area contributed by atoms with Crippen molar-refractivity contribution in [3.63, 3.8) is 0 Å². The number of hydrogen-bond donors (Lipinski definition) is 2. The number of amides is 1. The van der Waals surface area contributed by atoms with Crippen LogP contribution in [0.5, 0.6) is 0 Å². The van der Waals surface area contributed by atoms with Crippen LogP contribution in [0.15, 0.2) is 27.3 Å². The third-order valence-electron chi connectivity index (χ3n) is 3.34. The van der Waals surface area contributed by atoms with Crippen molar-refractivity contribution < 1.29 is 18.8 Å². The van der Waals surface area contributed by atoms with Gasteiger partial charge >= 0.3 is 0 Å². The predicted octanol–water partition coefficient (Wildman–Crippen LogP) is 2.13. The number of rotatable bonds is 7. The van der Waals surface area contributed by atoms with E-state index >= 15 is 0 Å². The van der Waals surface area contributed by atoms with Crippen LogP contribution < -0.4 is 5.32 Å². The van der Waals surface area contributed by atoms with Gasteiger partial charge in [-0.25, -0.2) is 0 Å². The smallest absolute Gasteiger partial charge is 0.226 e. The quantitative estimate of drug-likeness (QED) is 0.810. The van der Waals surface area contributed by atoms with Crippen LogP contribution in [0.1, 0.15) is 57.1 Å². The molecule has 2 aromatic heterocycles. The molecule has 7 nitrogen and oxygen atoms in total. The molecule has 0 saturated heterocycles. The van der Waals surface area contributed by atoms with Gasteiger partial charge in [-0.1, -0.05) is 25.9 Å². The first-order chi connectivity index (χ1) is 10.9. The van der Waals surface area contributed by atoms with Crippen LogP contribution in [-0.4, -0.2) is 27.8 Å². The van der Waals surface area contributed by atoms with E-state index in [2.05, 4.69) is 15.5 Å². The molecule has 1 unspecified atom stereocenters. The predicted molar refractivity (Wildman–Crippen MR) is 82.6 cm³/mol. The Bertz CT molecular complexity index is 614. The molecule has 0 aromatic carbocycles. The van der Waals surface area contributed by atoms with Crippen molar-refractivity contribution in [2.75, 3.05) is 6.61 Å². The van der Waals surface area contributed by atoms with Crippen molar-refractivity contribution in [3.8, 4) is 0 Å². The summed E-state index contributed by atoms with van der Waals surface area (Å²) in [7, 11) is 0. The zero-order valence-electron chi connectivity index (χ0n) is 13.7. The molecule has 2 rings (SSSR count). The summed E-state index contributed by atoms with van der Waals surface area (Å²) in [6, 6.07) is 2.91. The number of aryl methyl sites for hydroxylation is 1. The normalized spacial score (nSPS) is 13.0. The van der Waals surface area contributed by atoms with E-state index in [1.54, 1.807) is 12.1 Å². The maximum Gasteiger partial charge on any atom is 0.226 e. The molecule has 126 valence electrons. The zero-order valence-corrected chi connectivity index (χ0v) is 13.7. The van der Waals surface area contributed by atoms with E-state index in [0.29, 0.717) is 36.7 Å². The van der Waals surface area contributed by atoms with E-state index in [9.17, 15) is 9.90 Å². The molecule has 2 aromatic rings. The van der Waals surface area contributed by atoms with Gasteiger partial charge in [-0.2, -0.15) is 4.98 Å². The molecule has 0 spiro atoms. The first-order valence-corrected chi connectivity index (χ1v) is 7.67. The number of nitrogens with one attached hydrogen (secondary N) is 1. The Morgan fingerprint density at radius 1 is 1.43 bits per heavy atom. The lowest BCUT2D eigenvalue weighted by Crippen LogP contribution is -2.30. The third-order valence-corrected chi connectivity index (χ3v) is 3.34. The molecule has 23 heavy (non-hydrogen) atoms. The van der Waals surface area contributed by atoms with Crippen molar-refractivity contribution in [2.45, 2.75) is 51.5 Å². The first kappa shape index (κ1) is 17.2. The molecule has 7 heteroatoms. The number of nitrogens with zero attached hydrogens (tertiary/aromatic N) is 2. The van der Waals surface area contributed by atoms with Gasteiger partial charge in [0, 0.05) is 18.3 Å². The van der Waals surface area contributed by atoms with E-state index in [1.807, 2.05) is 20.8 Å². The molecular formula is C16H23N3O4. The van der Waals surface area contributed by atoms with Crippen LogP contribution in [0.4, 0.5) is 0 Å². The summed E-state index contributed by atoms with van der Waals surface area (Å²) in [5.74, 6) is 1.58. The van der Waals surface area contributed by atoms with Crippen LogP contribution in [-0.2, 0) is 16.6 Å². The lowest BCUT2D eigenvalue weighted by atomic mass is 9.96. The van der Waals surface area contributed by atoms with E-state index < -0.39 is 6.04 Å². The number of aliphatic hydroxyl groups excluding tert-OH is 1. The van der Waals surface area contributed by atoms with Crippen LogP contribution in [0.25, 0.3) is 0 Å². The second-order valence-electron chi connectivity index (χ2n) is 6.43. The number of carbonyl (C=O) groups is 1. The lowest BCUT2D eigenvalue weighted by Gasteiger charge is -2.13. The minimum absolute atomic E-state index is 0.156. The van der Waals surface area contributed by atoms with Crippen LogP contribution in [0.3, 0.4) is 0 Å². The number of furan rings is 1. The highest BCUT2D eigenvalue weighted by Gasteiger charge is 2.21. The molecule has 0 aliphatic heterocycles. The summed E-state index contributed by atoms with van der Waals surface area (Å²) in [6.07, 6.45) is 2.95. The molecule has 0 radical (unpaired) electrons. The second-order valence-corrected chi connectivity index (χ2v) is 6.43. The zero-order chi connectivity index (χ0) is 16.9. The molecule has 0 bridgehead atoms. The average molecular weight is 321 g/mol. The largest absolute Gasteiger partial charge is 0.467 e. The number of aliphatic hydroxyl groups is 1. The number of hydrogen-bond acceptors (Lipinski definition) is 6. The third kappa shape index (κ3) is 4.92. The monoisotopic (exact) mass is 321 g/mol. The number of aromatic nitrogens is 2. The van der Waals surface area contributed by atoms with Gasteiger partial charge < -0.3 is 19.4 Å². The maximum atomic E-state index is 11.9. The standard InChI is InChI=1S/C16H23N3O4/c1-16(2,3)15-18-14(23-19-15)8-4-7-13(21)17-11(10-20)12-6-5-9-22-12/h5-6,9,11,20H,4,7-8,10H2,1-3H3,(H,17,21). The van der Waals surface area contributed by atoms with Gasteiger partial charge in [-0.05, 0) is 18.6 Å². The van der Waals surface area contributed by atoms with E-state index in [-0.39, 0.29) is 17.9 Å². The minimum Gasteiger partial charge on any atom is -0.467 e. The van der Waals surface area contributed by atoms with Gasteiger partial charge in [-0.15, -0.1) is 0 Å². The topological polar surface area (TPSA) is 101 Å². The summed E-state index contributed by atoms with van der Waals surface area (Å²) in [5, 5.41) is 16.0. The SMILES string of the molecule is CC(C)(C)c1noc(CCCC(=O)NC(CO)c2ccco2)n1. The first-order valence-electron chi connectivity index (χ1n) is 7.67. The van der Waals surface area contributed by atoms with E-state index in [4.69, 9.17) is 8.94 Å². The van der Waals surface area contributed by atoms with Crippen molar-refractivity contribution in [3.05, 3.63) is 35.9 Å².